The molecular formula is C22H14ClFN2O. The lowest BCUT2D eigenvalue weighted by atomic mass is 10.1. The molecule has 1 aliphatic heterocycles. The Morgan fingerprint density at radius 2 is 1.56 bits per heavy atom. The van der Waals surface area contributed by atoms with Crippen molar-refractivity contribution in [2.75, 3.05) is 4.90 Å². The quantitative estimate of drug-likeness (QED) is 0.570. The van der Waals surface area contributed by atoms with Crippen LogP contribution in [0.2, 0.25) is 5.02 Å². The molecule has 3 aromatic rings. The van der Waals surface area contributed by atoms with Crippen LogP contribution in [0.1, 0.15) is 11.1 Å². The molecule has 0 unspecified atom stereocenters. The van der Waals surface area contributed by atoms with Crippen molar-refractivity contribution in [3.8, 4) is 0 Å². The van der Waals surface area contributed by atoms with Crippen molar-refractivity contribution in [3.63, 3.8) is 0 Å². The molecule has 0 saturated heterocycles. The fourth-order valence-corrected chi connectivity index (χ4v) is 2.97. The Hall–Kier alpha value is -3.24. The number of amidine groups is 1. The van der Waals surface area contributed by atoms with Gasteiger partial charge in [0.1, 0.15) is 17.3 Å². The van der Waals surface area contributed by atoms with E-state index in [0.717, 1.165) is 11.1 Å². The molecule has 132 valence electrons. The summed E-state index contributed by atoms with van der Waals surface area (Å²) >= 11 is 5.92. The third-order valence-corrected chi connectivity index (χ3v) is 4.40. The Kier molecular flexibility index (Phi) is 4.57. The summed E-state index contributed by atoms with van der Waals surface area (Å²) in [5.74, 6) is -0.122. The van der Waals surface area contributed by atoms with Gasteiger partial charge in [-0.3, -0.25) is 9.69 Å². The number of carbonyl (C=O) groups excluding carboxylic acids is 1. The van der Waals surface area contributed by atoms with Crippen LogP contribution in [0.5, 0.6) is 0 Å². The van der Waals surface area contributed by atoms with Gasteiger partial charge >= 0.3 is 0 Å². The number of anilines is 1. The number of carbonyl (C=O) groups is 1. The molecule has 3 nitrogen and oxygen atoms in total. The van der Waals surface area contributed by atoms with E-state index in [1.165, 1.54) is 17.0 Å². The lowest BCUT2D eigenvalue weighted by molar-refractivity contribution is -0.113. The van der Waals surface area contributed by atoms with E-state index in [9.17, 15) is 9.18 Å². The van der Waals surface area contributed by atoms with Gasteiger partial charge in [0.15, 0.2) is 0 Å². The first-order valence-corrected chi connectivity index (χ1v) is 8.71. The predicted octanol–water partition coefficient (Wildman–Crippen LogP) is 5.31. The van der Waals surface area contributed by atoms with E-state index < -0.39 is 0 Å². The Labute approximate surface area is 161 Å². The second-order valence-corrected chi connectivity index (χ2v) is 6.44. The third-order valence-electron chi connectivity index (χ3n) is 4.15. The first-order chi connectivity index (χ1) is 13.1. The molecule has 0 aromatic heterocycles. The van der Waals surface area contributed by atoms with Gasteiger partial charge < -0.3 is 0 Å². The number of hydrogen-bond acceptors (Lipinski definition) is 2. The molecule has 1 heterocycles. The minimum atomic E-state index is -0.361. The van der Waals surface area contributed by atoms with Crippen LogP contribution in [0, 0.1) is 5.82 Å². The molecule has 0 atom stereocenters. The second-order valence-electron chi connectivity index (χ2n) is 6.00. The summed E-state index contributed by atoms with van der Waals surface area (Å²) in [6, 6.07) is 22.4. The van der Waals surface area contributed by atoms with Gasteiger partial charge in [0.2, 0.25) is 0 Å². The molecule has 0 radical (unpaired) electrons. The Morgan fingerprint density at radius 3 is 2.22 bits per heavy atom. The maximum absolute atomic E-state index is 13.3. The zero-order valence-electron chi connectivity index (χ0n) is 14.1. The fourth-order valence-electron chi connectivity index (χ4n) is 2.84. The molecule has 0 fully saturated rings. The van der Waals surface area contributed by atoms with Crippen LogP contribution in [-0.2, 0) is 4.79 Å². The first-order valence-electron chi connectivity index (χ1n) is 8.33. The molecule has 5 heteroatoms. The minimum absolute atomic E-state index is 0.268. The molecule has 1 amide bonds. The predicted molar refractivity (Wildman–Crippen MR) is 106 cm³/mol. The van der Waals surface area contributed by atoms with E-state index in [1.807, 2.05) is 42.5 Å². The zero-order chi connectivity index (χ0) is 18.8. The Morgan fingerprint density at radius 1 is 0.889 bits per heavy atom. The molecule has 4 rings (SSSR count). The maximum Gasteiger partial charge on any atom is 0.282 e. The van der Waals surface area contributed by atoms with Crippen molar-refractivity contribution < 1.29 is 9.18 Å². The first kappa shape index (κ1) is 17.2. The summed E-state index contributed by atoms with van der Waals surface area (Å²) in [5.41, 5.74) is 2.48. The summed E-state index contributed by atoms with van der Waals surface area (Å²) in [5, 5.41) is 0.622. The zero-order valence-corrected chi connectivity index (χ0v) is 14.9. The number of rotatable bonds is 3. The average molecular weight is 377 g/mol. The van der Waals surface area contributed by atoms with Crippen molar-refractivity contribution in [2.45, 2.75) is 0 Å². The third kappa shape index (κ3) is 3.52. The van der Waals surface area contributed by atoms with E-state index in [1.54, 1.807) is 30.3 Å². The van der Waals surface area contributed by atoms with Crippen molar-refractivity contribution in [3.05, 3.63) is 107 Å². The number of halogens is 2. The van der Waals surface area contributed by atoms with Gasteiger partial charge in [0.05, 0.1) is 5.69 Å². The Balaban J connectivity index is 1.80. The Bertz CT molecular complexity index is 1040. The van der Waals surface area contributed by atoms with Crippen molar-refractivity contribution in [2.24, 2.45) is 4.99 Å². The van der Waals surface area contributed by atoms with Gasteiger partial charge in [-0.25, -0.2) is 9.38 Å². The molecule has 1 aliphatic rings. The van der Waals surface area contributed by atoms with Gasteiger partial charge in [-0.05, 0) is 48.0 Å². The van der Waals surface area contributed by atoms with Crippen LogP contribution in [0.4, 0.5) is 10.1 Å². The molecule has 0 saturated carbocycles. The molecule has 27 heavy (non-hydrogen) atoms. The highest BCUT2D eigenvalue weighted by atomic mass is 35.5. The largest absolute Gasteiger partial charge is 0.282 e. The molecule has 0 spiro atoms. The van der Waals surface area contributed by atoms with Crippen molar-refractivity contribution in [1.82, 2.24) is 0 Å². The standard InChI is InChI=1S/C22H14ClFN2O/c23-17-8-6-15(7-9-17)14-20-22(27)26(19-12-10-18(24)11-13-19)21(25-20)16-4-2-1-3-5-16/h1-14H. The molecule has 0 bridgehead atoms. The lowest BCUT2D eigenvalue weighted by Gasteiger charge is -2.18. The van der Waals surface area contributed by atoms with Gasteiger partial charge in [-0.2, -0.15) is 0 Å². The van der Waals surface area contributed by atoms with Gasteiger partial charge in [-0.1, -0.05) is 54.1 Å². The SMILES string of the molecule is O=C1C(=Cc2ccc(Cl)cc2)N=C(c2ccccc2)N1c1ccc(F)cc1. The summed E-state index contributed by atoms with van der Waals surface area (Å²) in [7, 11) is 0. The van der Waals surface area contributed by atoms with Crippen molar-refractivity contribution in [1.29, 1.82) is 0 Å². The number of hydrogen-bond donors (Lipinski definition) is 0. The summed E-state index contributed by atoms with van der Waals surface area (Å²) in [6.07, 6.45) is 1.71. The smallest absolute Gasteiger partial charge is 0.266 e. The monoisotopic (exact) mass is 376 g/mol. The second kappa shape index (κ2) is 7.17. The number of amides is 1. The number of aliphatic imine (C=N–C) groups is 1. The van der Waals surface area contributed by atoms with Crippen LogP contribution in [0.15, 0.2) is 89.6 Å². The maximum atomic E-state index is 13.3. The molecule has 0 N–H and O–H groups in total. The summed E-state index contributed by atoms with van der Waals surface area (Å²) in [6.45, 7) is 0. The van der Waals surface area contributed by atoms with Crippen LogP contribution < -0.4 is 4.90 Å². The summed E-state index contributed by atoms with van der Waals surface area (Å²) in [4.78, 5) is 19.1. The molecule has 3 aromatic carbocycles. The van der Waals surface area contributed by atoms with Crippen LogP contribution in [-0.4, -0.2) is 11.7 Å². The molecule has 0 aliphatic carbocycles. The number of nitrogens with zero attached hydrogens (tertiary/aromatic N) is 2. The average Bonchev–Trinajstić information content (AvgIpc) is 3.01. The number of benzene rings is 3. The lowest BCUT2D eigenvalue weighted by Crippen LogP contribution is -2.32. The topological polar surface area (TPSA) is 32.7 Å². The van der Waals surface area contributed by atoms with Gasteiger partial charge in [0, 0.05) is 10.6 Å². The minimum Gasteiger partial charge on any atom is -0.266 e. The highest BCUT2D eigenvalue weighted by molar-refractivity contribution is 6.33. The van der Waals surface area contributed by atoms with Crippen LogP contribution in [0.3, 0.4) is 0 Å². The molecular weight excluding hydrogens is 363 g/mol. The summed E-state index contributed by atoms with van der Waals surface area (Å²) < 4.78 is 13.3. The normalized spacial score (nSPS) is 15.3. The van der Waals surface area contributed by atoms with E-state index in [2.05, 4.69) is 4.99 Å². The van der Waals surface area contributed by atoms with E-state index in [4.69, 9.17) is 11.6 Å². The van der Waals surface area contributed by atoms with Crippen molar-refractivity contribution >= 4 is 35.1 Å². The van der Waals surface area contributed by atoms with E-state index in [0.29, 0.717) is 22.2 Å². The van der Waals surface area contributed by atoms with Crippen LogP contribution in [0.25, 0.3) is 6.08 Å². The highest BCUT2D eigenvalue weighted by Crippen LogP contribution is 2.28. The van der Waals surface area contributed by atoms with Gasteiger partial charge in [0.25, 0.3) is 5.91 Å². The van der Waals surface area contributed by atoms with Gasteiger partial charge in [-0.15, -0.1) is 0 Å². The highest BCUT2D eigenvalue weighted by Gasteiger charge is 2.32. The fraction of sp³-hybridized carbons (Fsp3) is 0. The van der Waals surface area contributed by atoms with E-state index in [-0.39, 0.29) is 11.7 Å². The van der Waals surface area contributed by atoms with Crippen LogP contribution >= 0.6 is 11.6 Å². The van der Waals surface area contributed by atoms with E-state index >= 15 is 0 Å².